The van der Waals surface area contributed by atoms with Gasteiger partial charge in [0.25, 0.3) is 0 Å². The molecule has 2 nitrogen and oxygen atoms in total. The van der Waals surface area contributed by atoms with Gasteiger partial charge in [-0.3, -0.25) is 0 Å². The Morgan fingerprint density at radius 3 is 2.73 bits per heavy atom. The molecule has 1 unspecified atom stereocenters. The zero-order valence-electron chi connectivity index (χ0n) is 9.67. The van der Waals surface area contributed by atoms with Crippen LogP contribution in [-0.4, -0.2) is 11.7 Å². The Hall–Kier alpha value is -0.860. The highest BCUT2D eigenvalue weighted by Crippen LogP contribution is 2.29. The Morgan fingerprint density at radius 1 is 1.33 bits per heavy atom. The van der Waals surface area contributed by atoms with Crippen LogP contribution in [0.2, 0.25) is 0 Å². The van der Waals surface area contributed by atoms with Crippen molar-refractivity contribution in [2.45, 2.75) is 38.8 Å². The van der Waals surface area contributed by atoms with Crippen LogP contribution in [0.4, 0.5) is 0 Å². The van der Waals surface area contributed by atoms with Crippen molar-refractivity contribution in [2.75, 3.05) is 6.54 Å². The number of aliphatic hydroxyl groups excluding tert-OH is 1. The zero-order valence-corrected chi connectivity index (χ0v) is 9.67. The van der Waals surface area contributed by atoms with Gasteiger partial charge in [0.2, 0.25) is 0 Å². The smallest absolute Gasteiger partial charge is 0.0917 e. The molecular formula is C13H19NO. The molecule has 0 aromatic heterocycles. The quantitative estimate of drug-likeness (QED) is 0.680. The van der Waals surface area contributed by atoms with E-state index < -0.39 is 0 Å². The third kappa shape index (κ3) is 2.06. The van der Waals surface area contributed by atoms with Crippen molar-refractivity contribution in [2.24, 2.45) is 0 Å². The summed E-state index contributed by atoms with van der Waals surface area (Å²) in [5, 5.41) is 13.1. The molecule has 0 radical (unpaired) electrons. The van der Waals surface area contributed by atoms with Gasteiger partial charge in [0.15, 0.2) is 0 Å². The summed E-state index contributed by atoms with van der Waals surface area (Å²) in [5.41, 5.74) is 3.77. The lowest BCUT2D eigenvalue weighted by atomic mass is 9.84. The van der Waals surface area contributed by atoms with Crippen molar-refractivity contribution in [1.29, 1.82) is 0 Å². The second kappa shape index (κ2) is 3.62. The van der Waals surface area contributed by atoms with Crippen molar-refractivity contribution in [3.05, 3.63) is 34.9 Å². The van der Waals surface area contributed by atoms with Gasteiger partial charge in [0.05, 0.1) is 6.10 Å². The lowest BCUT2D eigenvalue weighted by molar-refractivity contribution is 0.165. The van der Waals surface area contributed by atoms with Crippen LogP contribution in [0.1, 0.15) is 43.6 Å². The van der Waals surface area contributed by atoms with Crippen molar-refractivity contribution in [3.8, 4) is 0 Å². The molecule has 1 heterocycles. The van der Waals surface area contributed by atoms with E-state index in [0.29, 0.717) is 6.54 Å². The van der Waals surface area contributed by atoms with Crippen molar-refractivity contribution in [1.82, 2.24) is 5.32 Å². The minimum Gasteiger partial charge on any atom is -0.387 e. The molecule has 2 rings (SSSR count). The number of fused-ring (bicyclic) bond motifs is 1. The van der Waals surface area contributed by atoms with E-state index in [4.69, 9.17) is 0 Å². The van der Waals surface area contributed by atoms with Gasteiger partial charge in [0, 0.05) is 13.1 Å². The predicted octanol–water partition coefficient (Wildman–Crippen LogP) is 2.12. The Balaban J connectivity index is 2.44. The molecule has 0 spiro atoms. The Labute approximate surface area is 91.3 Å². The van der Waals surface area contributed by atoms with Gasteiger partial charge < -0.3 is 10.4 Å². The molecule has 2 heteroatoms. The number of hydrogen-bond acceptors (Lipinski definition) is 2. The molecule has 1 aliphatic heterocycles. The lowest BCUT2D eigenvalue weighted by Gasteiger charge is -2.26. The standard InChI is InChI=1S/C13H19NO/c1-13(2,3)10-5-4-9-7-14-8-12(15)11(9)6-10/h4-6,12,14-15H,7-8H2,1-3H3. The summed E-state index contributed by atoms with van der Waals surface area (Å²) < 4.78 is 0. The van der Waals surface area contributed by atoms with Gasteiger partial charge in [-0.25, -0.2) is 0 Å². The summed E-state index contributed by atoms with van der Waals surface area (Å²) in [7, 11) is 0. The first kappa shape index (κ1) is 10.7. The molecule has 1 aromatic carbocycles. The first-order chi connectivity index (χ1) is 6.98. The largest absolute Gasteiger partial charge is 0.387 e. The summed E-state index contributed by atoms with van der Waals surface area (Å²) >= 11 is 0. The highest BCUT2D eigenvalue weighted by Gasteiger charge is 2.21. The van der Waals surface area contributed by atoms with Crippen LogP contribution in [0.3, 0.4) is 0 Å². The molecule has 0 fully saturated rings. The van der Waals surface area contributed by atoms with E-state index in [2.05, 4.69) is 44.3 Å². The number of rotatable bonds is 0. The summed E-state index contributed by atoms with van der Waals surface area (Å²) in [4.78, 5) is 0. The first-order valence-corrected chi connectivity index (χ1v) is 5.50. The van der Waals surface area contributed by atoms with Gasteiger partial charge >= 0.3 is 0 Å². The van der Waals surface area contributed by atoms with E-state index in [-0.39, 0.29) is 11.5 Å². The third-order valence-corrected chi connectivity index (χ3v) is 3.02. The Morgan fingerprint density at radius 2 is 2.07 bits per heavy atom. The van der Waals surface area contributed by atoms with E-state index in [1.54, 1.807) is 0 Å². The maximum Gasteiger partial charge on any atom is 0.0917 e. The molecule has 1 aliphatic rings. The Bertz CT molecular complexity index is 365. The minimum absolute atomic E-state index is 0.152. The van der Waals surface area contributed by atoms with Crippen LogP contribution in [0, 0.1) is 0 Å². The van der Waals surface area contributed by atoms with E-state index >= 15 is 0 Å². The molecule has 2 N–H and O–H groups in total. The predicted molar refractivity (Wildman–Crippen MR) is 61.8 cm³/mol. The molecule has 1 atom stereocenters. The van der Waals surface area contributed by atoms with Crippen LogP contribution < -0.4 is 5.32 Å². The highest BCUT2D eigenvalue weighted by atomic mass is 16.3. The summed E-state index contributed by atoms with van der Waals surface area (Å²) in [6.45, 7) is 8.13. The van der Waals surface area contributed by atoms with Gasteiger partial charge in [-0.05, 0) is 22.1 Å². The van der Waals surface area contributed by atoms with E-state index in [0.717, 1.165) is 12.1 Å². The second-order valence-corrected chi connectivity index (χ2v) is 5.31. The zero-order chi connectivity index (χ0) is 11.1. The molecule has 15 heavy (non-hydrogen) atoms. The number of β-amino-alcohol motifs (C(OH)–C–C–N with tert-alkyl or cyclic N) is 1. The molecular weight excluding hydrogens is 186 g/mol. The van der Waals surface area contributed by atoms with E-state index in [1.165, 1.54) is 11.1 Å². The van der Waals surface area contributed by atoms with Crippen molar-refractivity contribution in [3.63, 3.8) is 0 Å². The molecule has 1 aromatic rings. The lowest BCUT2D eigenvalue weighted by Crippen LogP contribution is -2.28. The fraction of sp³-hybridized carbons (Fsp3) is 0.538. The average molecular weight is 205 g/mol. The van der Waals surface area contributed by atoms with Crippen LogP contribution in [-0.2, 0) is 12.0 Å². The monoisotopic (exact) mass is 205 g/mol. The minimum atomic E-state index is -0.351. The van der Waals surface area contributed by atoms with Crippen LogP contribution >= 0.6 is 0 Å². The van der Waals surface area contributed by atoms with Crippen LogP contribution in [0.5, 0.6) is 0 Å². The first-order valence-electron chi connectivity index (χ1n) is 5.50. The maximum absolute atomic E-state index is 9.89. The molecule has 0 aliphatic carbocycles. The van der Waals surface area contributed by atoms with Gasteiger partial charge in [-0.1, -0.05) is 39.0 Å². The molecule has 0 saturated heterocycles. The fourth-order valence-corrected chi connectivity index (χ4v) is 1.99. The van der Waals surface area contributed by atoms with Gasteiger partial charge in [-0.2, -0.15) is 0 Å². The number of hydrogen-bond donors (Lipinski definition) is 2. The van der Waals surface area contributed by atoms with E-state index in [9.17, 15) is 5.11 Å². The topological polar surface area (TPSA) is 32.3 Å². The third-order valence-electron chi connectivity index (χ3n) is 3.02. The SMILES string of the molecule is CC(C)(C)c1ccc2c(c1)C(O)CNC2. The summed E-state index contributed by atoms with van der Waals surface area (Å²) in [6, 6.07) is 6.45. The maximum atomic E-state index is 9.89. The number of aliphatic hydroxyl groups is 1. The number of nitrogens with one attached hydrogen (secondary N) is 1. The van der Waals surface area contributed by atoms with Crippen LogP contribution in [0.15, 0.2) is 18.2 Å². The fourth-order valence-electron chi connectivity index (χ4n) is 1.99. The van der Waals surface area contributed by atoms with Crippen molar-refractivity contribution < 1.29 is 5.11 Å². The van der Waals surface area contributed by atoms with Gasteiger partial charge in [-0.15, -0.1) is 0 Å². The van der Waals surface area contributed by atoms with Gasteiger partial charge in [0.1, 0.15) is 0 Å². The molecule has 0 amide bonds. The Kier molecular flexibility index (Phi) is 2.57. The molecule has 0 saturated carbocycles. The normalized spacial score (nSPS) is 21.2. The summed E-state index contributed by atoms with van der Waals surface area (Å²) in [6.07, 6.45) is -0.351. The van der Waals surface area contributed by atoms with Crippen LogP contribution in [0.25, 0.3) is 0 Å². The highest BCUT2D eigenvalue weighted by molar-refractivity contribution is 5.37. The molecule has 82 valence electrons. The summed E-state index contributed by atoms with van der Waals surface area (Å²) in [5.74, 6) is 0. The van der Waals surface area contributed by atoms with E-state index in [1.807, 2.05) is 0 Å². The van der Waals surface area contributed by atoms with Crippen molar-refractivity contribution >= 4 is 0 Å². The average Bonchev–Trinajstić information content (AvgIpc) is 2.16. The molecule has 0 bridgehead atoms. The number of benzene rings is 1. The second-order valence-electron chi connectivity index (χ2n) is 5.31.